The second-order valence-corrected chi connectivity index (χ2v) is 5.92. The van der Waals surface area contributed by atoms with Crippen LogP contribution in [0.25, 0.3) is 0 Å². The first-order valence-corrected chi connectivity index (χ1v) is 7.84. The van der Waals surface area contributed by atoms with Gasteiger partial charge in [0.25, 0.3) is 0 Å². The van der Waals surface area contributed by atoms with Gasteiger partial charge in [0, 0.05) is 22.7 Å². The molecule has 0 radical (unpaired) electrons. The Kier molecular flexibility index (Phi) is 6.28. The van der Waals surface area contributed by atoms with Crippen molar-refractivity contribution < 1.29 is 9.53 Å². The minimum absolute atomic E-state index is 0.154. The fourth-order valence-electron chi connectivity index (χ4n) is 2.05. The van der Waals surface area contributed by atoms with Crippen LogP contribution in [-0.2, 0) is 11.3 Å². The minimum atomic E-state index is -0.154. The second-order valence-electron chi connectivity index (χ2n) is 5.08. The minimum Gasteiger partial charge on any atom is -0.495 e. The molecule has 0 bridgehead atoms. The maximum absolute atomic E-state index is 12.0. The number of hydrogen-bond acceptors (Lipinski definition) is 3. The summed E-state index contributed by atoms with van der Waals surface area (Å²) in [6.07, 6.45) is 0. The molecular weight excluding hydrogens is 335 g/mol. The van der Waals surface area contributed by atoms with Crippen molar-refractivity contribution in [3.8, 4) is 5.75 Å². The van der Waals surface area contributed by atoms with Gasteiger partial charge in [0.15, 0.2) is 0 Å². The Bertz CT molecular complexity index is 688. The van der Waals surface area contributed by atoms with Crippen LogP contribution >= 0.6 is 23.2 Å². The van der Waals surface area contributed by atoms with Crippen molar-refractivity contribution in [1.82, 2.24) is 5.32 Å². The molecule has 122 valence electrons. The van der Waals surface area contributed by atoms with Crippen molar-refractivity contribution in [3.63, 3.8) is 0 Å². The van der Waals surface area contributed by atoms with Crippen LogP contribution in [0.3, 0.4) is 0 Å². The van der Waals surface area contributed by atoms with E-state index in [1.54, 1.807) is 12.1 Å². The van der Waals surface area contributed by atoms with Gasteiger partial charge >= 0.3 is 0 Å². The third-order valence-corrected chi connectivity index (χ3v) is 3.94. The van der Waals surface area contributed by atoms with Crippen LogP contribution in [0.1, 0.15) is 11.1 Å². The van der Waals surface area contributed by atoms with Gasteiger partial charge in [-0.2, -0.15) is 0 Å². The standard InChI is InChI=1S/C17H18Cl2N2O2/c1-11-7-15(16(23-2)8-14(11)19)21-17(22)10-20-9-12-3-5-13(18)6-4-12/h3-8,20H,9-10H2,1-2H3,(H,21,22). The summed E-state index contributed by atoms with van der Waals surface area (Å²) in [4.78, 5) is 12.0. The summed E-state index contributed by atoms with van der Waals surface area (Å²) in [5.41, 5.74) is 2.53. The average molecular weight is 353 g/mol. The van der Waals surface area contributed by atoms with Gasteiger partial charge in [0.1, 0.15) is 5.75 Å². The summed E-state index contributed by atoms with van der Waals surface area (Å²) >= 11 is 11.9. The van der Waals surface area contributed by atoms with Gasteiger partial charge in [-0.25, -0.2) is 0 Å². The summed E-state index contributed by atoms with van der Waals surface area (Å²) < 4.78 is 5.23. The first-order chi connectivity index (χ1) is 11.0. The Morgan fingerprint density at radius 2 is 1.87 bits per heavy atom. The molecule has 0 fully saturated rings. The summed E-state index contributed by atoms with van der Waals surface area (Å²) in [6.45, 7) is 2.64. The van der Waals surface area contributed by atoms with E-state index < -0.39 is 0 Å². The van der Waals surface area contributed by atoms with Gasteiger partial charge in [0.2, 0.25) is 5.91 Å². The molecular formula is C17H18Cl2N2O2. The maximum Gasteiger partial charge on any atom is 0.238 e. The molecule has 0 aliphatic rings. The highest BCUT2D eigenvalue weighted by Crippen LogP contribution is 2.30. The first-order valence-electron chi connectivity index (χ1n) is 7.08. The third-order valence-electron chi connectivity index (χ3n) is 3.28. The van der Waals surface area contributed by atoms with E-state index in [0.29, 0.717) is 28.0 Å². The molecule has 23 heavy (non-hydrogen) atoms. The highest BCUT2D eigenvalue weighted by molar-refractivity contribution is 6.31. The van der Waals surface area contributed by atoms with Crippen LogP contribution in [0.5, 0.6) is 5.75 Å². The number of ether oxygens (including phenoxy) is 1. The topological polar surface area (TPSA) is 50.4 Å². The Hall–Kier alpha value is -1.75. The molecule has 0 saturated carbocycles. The maximum atomic E-state index is 12.0. The number of benzene rings is 2. The molecule has 0 heterocycles. The van der Waals surface area contributed by atoms with Crippen LogP contribution in [0.4, 0.5) is 5.69 Å². The normalized spacial score (nSPS) is 10.4. The van der Waals surface area contributed by atoms with Crippen LogP contribution in [0.15, 0.2) is 36.4 Å². The zero-order valence-electron chi connectivity index (χ0n) is 13.0. The lowest BCUT2D eigenvalue weighted by Crippen LogP contribution is -2.27. The smallest absolute Gasteiger partial charge is 0.238 e. The van der Waals surface area contributed by atoms with Crippen LogP contribution in [-0.4, -0.2) is 19.6 Å². The number of aryl methyl sites for hydroxylation is 1. The number of methoxy groups -OCH3 is 1. The third kappa shape index (κ3) is 5.13. The number of carbonyl (C=O) groups is 1. The van der Waals surface area contributed by atoms with Crippen LogP contribution in [0, 0.1) is 6.92 Å². The van der Waals surface area contributed by atoms with E-state index in [-0.39, 0.29) is 12.5 Å². The molecule has 0 aliphatic heterocycles. The molecule has 0 spiro atoms. The fraction of sp³-hybridized carbons (Fsp3) is 0.235. The zero-order chi connectivity index (χ0) is 16.8. The summed E-state index contributed by atoms with van der Waals surface area (Å²) in [7, 11) is 1.54. The number of nitrogens with one attached hydrogen (secondary N) is 2. The Balaban J connectivity index is 1.89. The monoisotopic (exact) mass is 352 g/mol. The van der Waals surface area contributed by atoms with Gasteiger partial charge < -0.3 is 15.4 Å². The Morgan fingerprint density at radius 3 is 2.52 bits per heavy atom. The molecule has 2 N–H and O–H groups in total. The van der Waals surface area contributed by atoms with E-state index in [1.165, 1.54) is 7.11 Å². The van der Waals surface area contributed by atoms with Crippen molar-refractivity contribution in [2.24, 2.45) is 0 Å². The first kappa shape index (κ1) is 17.6. The van der Waals surface area contributed by atoms with E-state index in [4.69, 9.17) is 27.9 Å². The predicted molar refractivity (Wildman–Crippen MR) is 94.5 cm³/mol. The van der Waals surface area contributed by atoms with E-state index >= 15 is 0 Å². The molecule has 0 saturated heterocycles. The molecule has 1 amide bonds. The highest BCUT2D eigenvalue weighted by atomic mass is 35.5. The lowest BCUT2D eigenvalue weighted by molar-refractivity contribution is -0.115. The Labute approximate surface area is 145 Å². The lowest BCUT2D eigenvalue weighted by atomic mass is 10.2. The molecule has 0 atom stereocenters. The summed E-state index contributed by atoms with van der Waals surface area (Å²) in [6, 6.07) is 10.9. The molecule has 2 rings (SSSR count). The van der Waals surface area contributed by atoms with E-state index in [2.05, 4.69) is 10.6 Å². The van der Waals surface area contributed by atoms with Crippen molar-refractivity contribution in [1.29, 1.82) is 0 Å². The van der Waals surface area contributed by atoms with Gasteiger partial charge in [-0.15, -0.1) is 0 Å². The van der Waals surface area contributed by atoms with Crippen molar-refractivity contribution in [2.45, 2.75) is 13.5 Å². The average Bonchev–Trinajstić information content (AvgIpc) is 2.52. The number of hydrogen-bond donors (Lipinski definition) is 2. The zero-order valence-corrected chi connectivity index (χ0v) is 14.5. The number of rotatable bonds is 6. The van der Waals surface area contributed by atoms with Crippen molar-refractivity contribution in [3.05, 3.63) is 57.6 Å². The molecule has 2 aromatic rings. The Morgan fingerprint density at radius 1 is 1.17 bits per heavy atom. The summed E-state index contributed by atoms with van der Waals surface area (Å²) in [5, 5.41) is 7.19. The lowest BCUT2D eigenvalue weighted by Gasteiger charge is -2.12. The van der Waals surface area contributed by atoms with E-state index in [0.717, 1.165) is 11.1 Å². The molecule has 6 heteroatoms. The predicted octanol–water partition coefficient (Wildman–Crippen LogP) is 4.04. The van der Waals surface area contributed by atoms with E-state index in [1.807, 2.05) is 31.2 Å². The molecule has 2 aromatic carbocycles. The number of carbonyl (C=O) groups excluding carboxylic acids is 1. The molecule has 0 aliphatic carbocycles. The van der Waals surface area contributed by atoms with Gasteiger partial charge in [-0.1, -0.05) is 35.3 Å². The fourth-order valence-corrected chi connectivity index (χ4v) is 2.33. The molecule has 0 unspecified atom stereocenters. The van der Waals surface area contributed by atoms with Crippen LogP contribution < -0.4 is 15.4 Å². The number of anilines is 1. The van der Waals surface area contributed by atoms with Crippen molar-refractivity contribution in [2.75, 3.05) is 19.0 Å². The number of halogens is 2. The van der Waals surface area contributed by atoms with E-state index in [9.17, 15) is 4.79 Å². The summed E-state index contributed by atoms with van der Waals surface area (Å²) in [5.74, 6) is 0.380. The van der Waals surface area contributed by atoms with Crippen LogP contribution in [0.2, 0.25) is 10.0 Å². The van der Waals surface area contributed by atoms with Gasteiger partial charge in [-0.3, -0.25) is 4.79 Å². The second kappa shape index (κ2) is 8.20. The molecule has 4 nitrogen and oxygen atoms in total. The number of amides is 1. The quantitative estimate of drug-likeness (QED) is 0.824. The largest absolute Gasteiger partial charge is 0.495 e. The van der Waals surface area contributed by atoms with Crippen molar-refractivity contribution >= 4 is 34.8 Å². The molecule has 0 aromatic heterocycles. The van der Waals surface area contributed by atoms with Gasteiger partial charge in [0.05, 0.1) is 19.3 Å². The highest BCUT2D eigenvalue weighted by Gasteiger charge is 2.10. The van der Waals surface area contributed by atoms with Gasteiger partial charge in [-0.05, 0) is 36.2 Å². The SMILES string of the molecule is COc1cc(Cl)c(C)cc1NC(=O)CNCc1ccc(Cl)cc1.